The number of alkyl halides is 6. The molecular formula is C26H26F7N3O4. The first-order valence-electron chi connectivity index (χ1n) is 11.8. The molecule has 2 aromatic carbocycles. The van der Waals surface area contributed by atoms with E-state index in [-0.39, 0.29) is 42.7 Å². The van der Waals surface area contributed by atoms with E-state index in [0.29, 0.717) is 18.9 Å². The van der Waals surface area contributed by atoms with Gasteiger partial charge in [0.25, 0.3) is 0 Å². The smallest absolute Gasteiger partial charge is 0.409 e. The summed E-state index contributed by atoms with van der Waals surface area (Å²) in [7, 11) is 2.71. The van der Waals surface area contributed by atoms with Crippen LogP contribution in [0.15, 0.2) is 47.6 Å². The minimum absolute atomic E-state index is 0.0268. The zero-order valence-corrected chi connectivity index (χ0v) is 21.4. The van der Waals surface area contributed by atoms with Gasteiger partial charge >= 0.3 is 18.4 Å². The van der Waals surface area contributed by atoms with Crippen molar-refractivity contribution in [2.45, 2.75) is 37.4 Å². The molecule has 0 heterocycles. The van der Waals surface area contributed by atoms with Gasteiger partial charge in [-0.1, -0.05) is 0 Å². The Morgan fingerprint density at radius 2 is 1.73 bits per heavy atom. The number of halogens is 7. The highest BCUT2D eigenvalue weighted by atomic mass is 19.4. The molecule has 0 unspecified atom stereocenters. The summed E-state index contributed by atoms with van der Waals surface area (Å²) in [5.74, 6) is -1.84. The number of hydrogen-bond donors (Lipinski definition) is 1. The van der Waals surface area contributed by atoms with Crippen LogP contribution in [0.3, 0.4) is 0 Å². The van der Waals surface area contributed by atoms with Gasteiger partial charge in [0.15, 0.2) is 5.75 Å². The Morgan fingerprint density at radius 1 is 1.07 bits per heavy atom. The van der Waals surface area contributed by atoms with Gasteiger partial charge in [-0.3, -0.25) is 9.89 Å². The van der Waals surface area contributed by atoms with Crippen molar-refractivity contribution in [1.29, 1.82) is 0 Å². The minimum atomic E-state index is -5.35. The Labute approximate surface area is 225 Å². The van der Waals surface area contributed by atoms with E-state index >= 15 is 0 Å². The van der Waals surface area contributed by atoms with Crippen LogP contribution in [0.5, 0.6) is 5.75 Å². The molecule has 2 aromatic rings. The summed E-state index contributed by atoms with van der Waals surface area (Å²) in [4.78, 5) is 17.5. The van der Waals surface area contributed by atoms with Gasteiger partial charge in [0.05, 0.1) is 36.5 Å². The number of aliphatic imine (C=N–C) groups is 1. The van der Waals surface area contributed by atoms with Gasteiger partial charge < -0.3 is 19.9 Å². The van der Waals surface area contributed by atoms with Gasteiger partial charge in [-0.05, 0) is 49.2 Å². The normalized spacial score (nSPS) is 18.1. The Kier molecular flexibility index (Phi) is 9.79. The second-order valence-electron chi connectivity index (χ2n) is 8.78. The van der Waals surface area contributed by atoms with Crippen LogP contribution in [-0.2, 0) is 21.8 Å². The first-order chi connectivity index (χ1) is 18.7. The molecule has 1 saturated carbocycles. The number of hydrogen-bond acceptors (Lipinski definition) is 6. The third-order valence-electron chi connectivity index (χ3n) is 6.08. The Balaban J connectivity index is 1.94. The maximum Gasteiger partial charge on any atom is 0.420 e. The monoisotopic (exact) mass is 577 g/mol. The van der Waals surface area contributed by atoms with E-state index in [1.165, 1.54) is 0 Å². The zero-order valence-electron chi connectivity index (χ0n) is 21.4. The van der Waals surface area contributed by atoms with Gasteiger partial charge in [0.2, 0.25) is 0 Å². The zero-order chi connectivity index (χ0) is 29.7. The van der Waals surface area contributed by atoms with E-state index in [1.807, 2.05) is 0 Å². The molecule has 0 radical (unpaired) electrons. The van der Waals surface area contributed by atoms with Crippen LogP contribution in [0.4, 0.5) is 41.2 Å². The number of carbonyl (C=O) groups excluding carboxylic acids is 1. The predicted molar refractivity (Wildman–Crippen MR) is 133 cm³/mol. The molecule has 3 rings (SSSR count). The molecule has 2 N–H and O–H groups in total. The molecule has 1 aliphatic carbocycles. The summed E-state index contributed by atoms with van der Waals surface area (Å²) in [5, 5.41) is 0. The predicted octanol–water partition coefficient (Wildman–Crippen LogP) is 6.06. The Hall–Kier alpha value is -3.65. The fourth-order valence-corrected chi connectivity index (χ4v) is 3.74. The quantitative estimate of drug-likeness (QED) is 0.222. The second kappa shape index (κ2) is 12.7. The summed E-state index contributed by atoms with van der Waals surface area (Å²) in [5.41, 5.74) is 0.980. The van der Waals surface area contributed by atoms with Crippen molar-refractivity contribution in [3.8, 4) is 5.75 Å². The number of carbonyl (C=O) groups is 1. The van der Waals surface area contributed by atoms with E-state index < -0.39 is 46.7 Å². The van der Waals surface area contributed by atoms with Crippen LogP contribution in [0, 0.1) is 5.82 Å². The van der Waals surface area contributed by atoms with E-state index in [1.54, 1.807) is 7.11 Å². The van der Waals surface area contributed by atoms with Gasteiger partial charge in [-0.2, -0.15) is 26.3 Å². The van der Waals surface area contributed by atoms with Crippen molar-refractivity contribution >= 4 is 23.6 Å². The topological polar surface area (TPSA) is 86.4 Å². The second-order valence-corrected chi connectivity index (χ2v) is 8.78. The van der Waals surface area contributed by atoms with Crippen LogP contribution in [0.25, 0.3) is 5.57 Å². The molecule has 0 bridgehead atoms. The van der Waals surface area contributed by atoms with Crippen LogP contribution < -0.4 is 15.4 Å². The number of benzene rings is 2. The molecule has 0 aliphatic heterocycles. The van der Waals surface area contributed by atoms with Gasteiger partial charge in [-0.25, -0.2) is 9.18 Å². The van der Waals surface area contributed by atoms with Gasteiger partial charge in [0, 0.05) is 43.4 Å². The molecule has 14 heteroatoms. The minimum Gasteiger partial charge on any atom is -0.409 e. The van der Waals surface area contributed by atoms with Crippen molar-refractivity contribution in [3.05, 3.63) is 65.1 Å². The summed E-state index contributed by atoms with van der Waals surface area (Å²) >= 11 is 0. The van der Waals surface area contributed by atoms with E-state index in [9.17, 15) is 35.5 Å². The van der Waals surface area contributed by atoms with Gasteiger partial charge in [-0.15, -0.1) is 0 Å². The number of allylic oxidation sites excluding steroid dienone is 1. The number of rotatable bonds is 9. The average molecular weight is 577 g/mol. The fraction of sp³-hybridized carbons (Fsp3) is 0.385. The molecular weight excluding hydrogens is 551 g/mol. The number of nitrogens with two attached hydrogens (primary N) is 1. The summed E-state index contributed by atoms with van der Waals surface area (Å²) in [6.45, 7) is 0.162. The highest BCUT2D eigenvalue weighted by Crippen LogP contribution is 2.44. The van der Waals surface area contributed by atoms with Crippen LogP contribution in [0.2, 0.25) is 0 Å². The number of anilines is 1. The molecule has 0 spiro atoms. The molecule has 1 amide bonds. The number of ether oxygens (including phenoxy) is 3. The maximum absolute atomic E-state index is 14.0. The third-order valence-corrected chi connectivity index (χ3v) is 6.08. The number of amides is 1. The largest absolute Gasteiger partial charge is 0.420 e. The fourth-order valence-electron chi connectivity index (χ4n) is 3.74. The Morgan fingerprint density at radius 3 is 2.27 bits per heavy atom. The van der Waals surface area contributed by atoms with Crippen LogP contribution in [-0.4, -0.2) is 51.8 Å². The standard InChI is InChI=1S/C26H26F7N3O4/c1-36(18-5-3-17(27)4-6-18)24(37)40-23-21(9-16(25(28,29)30)10-22(23)26(31,32)33)15(13-34)14-35-7-8-39-20-11-19(12-20)38-2/h3-6,9-10,13-14,19-20H,7-8,11-12,34H2,1-2H3/b15-13+,35-14?. The first kappa shape index (κ1) is 30.9. The maximum atomic E-state index is 14.0. The molecule has 218 valence electrons. The molecule has 40 heavy (non-hydrogen) atoms. The molecule has 0 saturated heterocycles. The van der Waals surface area contributed by atoms with E-state index in [4.69, 9.17) is 19.9 Å². The summed E-state index contributed by atoms with van der Waals surface area (Å²) < 4.78 is 112. The highest BCUT2D eigenvalue weighted by Gasteiger charge is 2.41. The average Bonchev–Trinajstić information content (AvgIpc) is 2.86. The lowest BCUT2D eigenvalue weighted by atomic mass is 9.92. The SMILES string of the molecule is COC1CC(OCCN=C/C(=C\N)c2cc(C(F)(F)F)cc(C(F)(F)F)c2OC(=O)N(C)c2ccc(F)cc2)C1. The van der Waals surface area contributed by atoms with Crippen molar-refractivity contribution in [1.82, 2.24) is 0 Å². The van der Waals surface area contributed by atoms with E-state index in [0.717, 1.165) is 48.6 Å². The summed E-state index contributed by atoms with van der Waals surface area (Å²) in [6.07, 6.45) is -8.73. The van der Waals surface area contributed by atoms with Gasteiger partial charge in [0.1, 0.15) is 5.82 Å². The molecule has 1 fully saturated rings. The highest BCUT2D eigenvalue weighted by molar-refractivity contribution is 6.11. The van der Waals surface area contributed by atoms with Crippen molar-refractivity contribution in [2.75, 3.05) is 32.2 Å². The lowest BCUT2D eigenvalue weighted by Crippen LogP contribution is -2.37. The molecule has 1 aliphatic rings. The number of nitrogens with zero attached hydrogens (tertiary/aromatic N) is 2. The lowest BCUT2D eigenvalue weighted by molar-refractivity contribution is -0.143. The molecule has 0 atom stereocenters. The van der Waals surface area contributed by atoms with E-state index in [2.05, 4.69) is 4.99 Å². The molecule has 0 aromatic heterocycles. The van der Waals surface area contributed by atoms with Crippen molar-refractivity contribution in [3.63, 3.8) is 0 Å². The third kappa shape index (κ3) is 7.72. The van der Waals surface area contributed by atoms with Crippen molar-refractivity contribution in [2.24, 2.45) is 10.7 Å². The van der Waals surface area contributed by atoms with Crippen LogP contribution in [0.1, 0.15) is 29.5 Å². The number of methoxy groups -OCH3 is 1. The molecule has 7 nitrogen and oxygen atoms in total. The lowest BCUT2D eigenvalue weighted by Gasteiger charge is -2.33. The summed E-state index contributed by atoms with van der Waals surface area (Å²) in [6, 6.07) is 4.55. The van der Waals surface area contributed by atoms with Crippen LogP contribution >= 0.6 is 0 Å². The Bertz CT molecular complexity index is 1240. The first-order valence-corrected chi connectivity index (χ1v) is 11.8. The van der Waals surface area contributed by atoms with Crippen molar-refractivity contribution < 1.29 is 49.7 Å².